The molecule has 0 spiro atoms. The third-order valence-electron chi connectivity index (χ3n) is 6.21. The number of aromatic nitrogens is 2. The fourth-order valence-corrected chi connectivity index (χ4v) is 4.96. The number of fused-ring (bicyclic) bond motifs is 1. The summed E-state index contributed by atoms with van der Waals surface area (Å²) >= 11 is 12.0. The van der Waals surface area contributed by atoms with Crippen molar-refractivity contribution in [2.24, 2.45) is 0 Å². The van der Waals surface area contributed by atoms with E-state index in [1.54, 1.807) is 18.2 Å². The van der Waals surface area contributed by atoms with E-state index in [1.165, 1.54) is 0 Å². The molecule has 2 N–H and O–H groups in total. The summed E-state index contributed by atoms with van der Waals surface area (Å²) in [6, 6.07) is 8.81. The minimum atomic E-state index is -0.236. The minimum absolute atomic E-state index is 0.0120. The zero-order valence-corrected chi connectivity index (χ0v) is 22.3. The SMILES string of the molecule is Cc1cccn2c([ClH+])c(C3C=CC(CC(CCO)NC(=O)c4ccc(OC(C)C)c(Cl)c4)=CC3)nc12. The minimum Gasteiger partial charge on any atom is -0.489 e. The van der Waals surface area contributed by atoms with Crippen LogP contribution in [0.2, 0.25) is 10.2 Å². The lowest BCUT2D eigenvalue weighted by molar-refractivity contribution is -0.299. The van der Waals surface area contributed by atoms with Crippen LogP contribution in [0.3, 0.4) is 0 Å². The highest BCUT2D eigenvalue weighted by molar-refractivity contribution is 6.32. The van der Waals surface area contributed by atoms with Crippen LogP contribution in [0.5, 0.6) is 5.75 Å². The molecule has 1 aliphatic rings. The van der Waals surface area contributed by atoms with Gasteiger partial charge in [-0.3, -0.25) is 9.20 Å². The van der Waals surface area contributed by atoms with Crippen LogP contribution in [-0.4, -0.2) is 39.2 Å². The second kappa shape index (κ2) is 11.5. The van der Waals surface area contributed by atoms with Gasteiger partial charge in [0.1, 0.15) is 17.1 Å². The summed E-state index contributed by atoms with van der Waals surface area (Å²) in [6.07, 6.45) is 10.2. The molecule has 0 fully saturated rings. The van der Waals surface area contributed by atoms with Crippen molar-refractivity contribution in [2.75, 3.05) is 6.61 Å². The third kappa shape index (κ3) is 5.94. The van der Waals surface area contributed by atoms with Gasteiger partial charge >= 0.3 is 5.15 Å². The summed E-state index contributed by atoms with van der Waals surface area (Å²) in [7, 11) is 0. The Morgan fingerprint density at radius 3 is 2.81 bits per heavy atom. The van der Waals surface area contributed by atoms with Crippen LogP contribution in [0.1, 0.15) is 60.6 Å². The van der Waals surface area contributed by atoms with Gasteiger partial charge in [-0.2, -0.15) is 0 Å². The number of halogens is 2. The molecule has 3 aromatic rings. The number of benzene rings is 1. The number of hydrogen-bond donors (Lipinski definition) is 2. The Kier molecular flexibility index (Phi) is 8.39. The average Bonchev–Trinajstić information content (AvgIpc) is 3.18. The molecule has 2 heterocycles. The van der Waals surface area contributed by atoms with Crippen molar-refractivity contribution >= 4 is 23.2 Å². The number of allylic oxidation sites excluding steroid dienone is 3. The van der Waals surface area contributed by atoms with Crippen LogP contribution in [0, 0.1) is 18.5 Å². The molecule has 1 aliphatic carbocycles. The van der Waals surface area contributed by atoms with E-state index in [9.17, 15) is 9.90 Å². The Bertz CT molecular complexity index is 1310. The second-order valence-corrected chi connectivity index (χ2v) is 10.2. The molecular weight excluding hydrogens is 497 g/mol. The van der Waals surface area contributed by atoms with Crippen molar-refractivity contribution in [1.29, 1.82) is 0 Å². The number of aliphatic hydroxyl groups is 1. The van der Waals surface area contributed by atoms with E-state index in [4.69, 9.17) is 32.9 Å². The normalized spacial score (nSPS) is 16.3. The van der Waals surface area contributed by atoms with Gasteiger partial charge in [-0.1, -0.05) is 41.5 Å². The maximum absolute atomic E-state index is 12.9. The number of hydrogen-bond acceptors (Lipinski definition) is 4. The maximum atomic E-state index is 12.9. The number of rotatable bonds is 9. The lowest BCUT2D eigenvalue weighted by Gasteiger charge is -2.21. The van der Waals surface area contributed by atoms with E-state index in [1.807, 2.05) is 43.5 Å². The van der Waals surface area contributed by atoms with Gasteiger partial charge in [0.15, 0.2) is 11.6 Å². The zero-order chi connectivity index (χ0) is 25.8. The van der Waals surface area contributed by atoms with Gasteiger partial charge in [0.2, 0.25) is 0 Å². The molecule has 2 unspecified atom stereocenters. The van der Waals surface area contributed by atoms with Gasteiger partial charge in [0.25, 0.3) is 5.91 Å². The maximum Gasteiger partial charge on any atom is 0.326 e. The highest BCUT2D eigenvalue weighted by Gasteiger charge is 2.25. The summed E-state index contributed by atoms with van der Waals surface area (Å²) in [5.41, 5.74) is 4.46. The predicted molar refractivity (Wildman–Crippen MR) is 140 cm³/mol. The zero-order valence-electron chi connectivity index (χ0n) is 20.7. The number of aliphatic hydroxyl groups excluding tert-OH is 1. The Hall–Kier alpha value is -2.80. The van der Waals surface area contributed by atoms with E-state index in [0.717, 1.165) is 34.1 Å². The number of nitrogens with zero attached hydrogens (tertiary/aromatic N) is 2. The first-order chi connectivity index (χ1) is 17.3. The molecular formula is C28H32Cl2N3O3+. The summed E-state index contributed by atoms with van der Waals surface area (Å²) < 4.78 is 7.61. The summed E-state index contributed by atoms with van der Waals surface area (Å²) in [6.45, 7) is 5.85. The first kappa shape index (κ1) is 26.3. The topological polar surface area (TPSA) is 75.9 Å². The number of carbonyl (C=O) groups excluding carboxylic acids is 1. The van der Waals surface area contributed by atoms with Gasteiger partial charge in [0, 0.05) is 30.3 Å². The smallest absolute Gasteiger partial charge is 0.326 e. The Morgan fingerprint density at radius 2 is 2.17 bits per heavy atom. The summed E-state index contributed by atoms with van der Waals surface area (Å²) in [5.74, 6) is 0.422. The van der Waals surface area contributed by atoms with Crippen LogP contribution in [0.4, 0.5) is 0 Å². The van der Waals surface area contributed by atoms with Gasteiger partial charge in [0.05, 0.1) is 11.1 Å². The van der Waals surface area contributed by atoms with Gasteiger partial charge in [-0.05, 0) is 69.9 Å². The Morgan fingerprint density at radius 1 is 1.36 bits per heavy atom. The molecule has 190 valence electrons. The number of ether oxygens (including phenoxy) is 1. The molecule has 8 heteroatoms. The molecule has 1 amide bonds. The Balaban J connectivity index is 1.41. The number of imidazole rings is 1. The molecule has 0 saturated heterocycles. The lowest BCUT2D eigenvalue weighted by Crippen LogP contribution is -2.36. The molecule has 2 aromatic heterocycles. The first-order valence-corrected chi connectivity index (χ1v) is 12.9. The molecule has 0 bridgehead atoms. The number of nitrogens with one attached hydrogen (secondary N) is 1. The van der Waals surface area contributed by atoms with Crippen molar-refractivity contribution in [3.05, 3.63) is 87.3 Å². The van der Waals surface area contributed by atoms with Crippen molar-refractivity contribution < 1.29 is 26.2 Å². The predicted octanol–water partition coefficient (Wildman–Crippen LogP) is 5.32. The molecule has 0 radical (unpaired) electrons. The van der Waals surface area contributed by atoms with E-state index < -0.39 is 0 Å². The van der Waals surface area contributed by atoms with Crippen molar-refractivity contribution in [3.8, 4) is 5.75 Å². The lowest BCUT2D eigenvalue weighted by atomic mass is 9.91. The van der Waals surface area contributed by atoms with Crippen LogP contribution >= 0.6 is 11.6 Å². The quantitative estimate of drug-likeness (QED) is 0.394. The van der Waals surface area contributed by atoms with E-state index in [0.29, 0.717) is 29.2 Å². The van der Waals surface area contributed by atoms with Crippen LogP contribution in [0.15, 0.2) is 60.3 Å². The Labute approximate surface area is 221 Å². The highest BCUT2D eigenvalue weighted by Crippen LogP contribution is 2.32. The third-order valence-corrected chi connectivity index (χ3v) is 6.91. The van der Waals surface area contributed by atoms with Gasteiger partial charge in [-0.15, -0.1) is 0 Å². The van der Waals surface area contributed by atoms with E-state index >= 15 is 0 Å². The molecule has 0 saturated carbocycles. The van der Waals surface area contributed by atoms with Crippen LogP contribution < -0.4 is 10.1 Å². The summed E-state index contributed by atoms with van der Waals surface area (Å²) in [4.78, 5) is 17.7. The molecule has 2 atom stereocenters. The monoisotopic (exact) mass is 528 g/mol. The van der Waals surface area contributed by atoms with E-state index in [2.05, 4.69) is 23.5 Å². The van der Waals surface area contributed by atoms with Gasteiger partial charge in [-0.25, -0.2) is 4.98 Å². The van der Waals surface area contributed by atoms with Crippen molar-refractivity contribution in [2.45, 2.75) is 58.1 Å². The second-order valence-electron chi connectivity index (χ2n) is 9.37. The van der Waals surface area contributed by atoms with Crippen LogP contribution in [-0.2, 0) is 0 Å². The van der Waals surface area contributed by atoms with Gasteiger partial charge < -0.3 is 15.2 Å². The average molecular weight is 529 g/mol. The number of aryl methyl sites for hydroxylation is 1. The first-order valence-electron chi connectivity index (χ1n) is 12.2. The van der Waals surface area contributed by atoms with Crippen molar-refractivity contribution in [1.82, 2.24) is 14.7 Å². The highest BCUT2D eigenvalue weighted by atomic mass is 35.5. The van der Waals surface area contributed by atoms with Crippen LogP contribution in [0.25, 0.3) is 5.65 Å². The van der Waals surface area contributed by atoms with E-state index in [-0.39, 0.29) is 30.6 Å². The number of amides is 1. The fraction of sp³-hybridized carbons (Fsp3) is 0.357. The number of pyridine rings is 1. The largest absolute Gasteiger partial charge is 0.489 e. The molecule has 4 rings (SSSR count). The summed E-state index contributed by atoms with van der Waals surface area (Å²) in [5, 5.41) is 13.8. The molecule has 6 nitrogen and oxygen atoms in total. The van der Waals surface area contributed by atoms with Crippen molar-refractivity contribution in [3.63, 3.8) is 0 Å². The number of carbonyl (C=O) groups is 1. The molecule has 36 heavy (non-hydrogen) atoms. The fourth-order valence-electron chi connectivity index (χ4n) is 4.39. The standard InChI is InChI=1S/C28H31Cl2N3O3/c1-17(2)36-24-11-10-21(16-23(24)29)28(35)31-22(12-14-34)15-19-6-8-20(9-7-19)25-26(30)33-13-4-5-18(3)27(33)32-25/h4-8,10-11,13,16-17,20,22,30,34H,9,12,14-15H2,1-3H3/p+1. The molecule has 0 aliphatic heterocycles. The molecule has 1 aromatic carbocycles.